The molecule has 5 aromatic rings. The fourth-order valence-corrected chi connectivity index (χ4v) is 3.32. The molecule has 8 heteroatoms. The van der Waals surface area contributed by atoms with Crippen molar-refractivity contribution in [3.63, 3.8) is 0 Å². The van der Waals surface area contributed by atoms with E-state index in [4.69, 9.17) is 5.73 Å². The summed E-state index contributed by atoms with van der Waals surface area (Å²) in [5.74, 6) is 1.35. The van der Waals surface area contributed by atoms with E-state index in [1.165, 1.54) is 0 Å². The summed E-state index contributed by atoms with van der Waals surface area (Å²) in [6.45, 7) is 0. The fraction of sp³-hybridized carbons (Fsp3) is 0. The summed E-state index contributed by atoms with van der Waals surface area (Å²) < 4.78 is 0. The number of H-pyrrole nitrogens is 1. The van der Waals surface area contributed by atoms with Gasteiger partial charge in [0.2, 0.25) is 0 Å². The number of hydrogen-bond donors (Lipinski definition) is 4. The monoisotopic (exact) mass is 420 g/mol. The number of aromatic amines is 1. The second kappa shape index (κ2) is 8.57. The van der Waals surface area contributed by atoms with Crippen molar-refractivity contribution in [1.29, 1.82) is 0 Å². The van der Waals surface area contributed by atoms with E-state index in [1.54, 1.807) is 6.07 Å². The second-order valence-electron chi connectivity index (χ2n) is 7.05. The lowest BCUT2D eigenvalue weighted by Gasteiger charge is -2.12. The summed E-state index contributed by atoms with van der Waals surface area (Å²) in [6, 6.07) is 29.1. The van der Waals surface area contributed by atoms with Crippen molar-refractivity contribution in [3.8, 4) is 11.3 Å². The number of aliphatic imine (C=N–C) groups is 1. The molecule has 0 fully saturated rings. The number of anilines is 3. The van der Waals surface area contributed by atoms with Crippen molar-refractivity contribution in [2.75, 3.05) is 10.6 Å². The summed E-state index contributed by atoms with van der Waals surface area (Å²) in [4.78, 5) is 4.34. The molecule has 0 bridgehead atoms. The third-order valence-corrected chi connectivity index (χ3v) is 4.87. The number of hydrogen-bond acceptors (Lipinski definition) is 5. The third-order valence-electron chi connectivity index (χ3n) is 4.87. The van der Waals surface area contributed by atoms with Crippen LogP contribution < -0.4 is 16.4 Å². The number of nitrogens with two attached hydrogens (primary N) is 1. The average Bonchev–Trinajstić information content (AvgIpc) is 3.24. The zero-order valence-electron chi connectivity index (χ0n) is 17.0. The molecule has 0 amide bonds. The largest absolute Gasteiger partial charge is 0.369 e. The Bertz CT molecular complexity index is 1370. The van der Waals surface area contributed by atoms with Crippen LogP contribution in [0.2, 0.25) is 0 Å². The zero-order valence-corrected chi connectivity index (χ0v) is 17.0. The molecule has 0 aliphatic carbocycles. The van der Waals surface area contributed by atoms with Gasteiger partial charge < -0.3 is 16.4 Å². The van der Waals surface area contributed by atoms with E-state index in [-0.39, 0.29) is 5.96 Å². The Morgan fingerprint density at radius 3 is 2.34 bits per heavy atom. The van der Waals surface area contributed by atoms with Gasteiger partial charge in [-0.3, -0.25) is 5.10 Å². The molecule has 32 heavy (non-hydrogen) atoms. The molecule has 0 radical (unpaired) electrons. The van der Waals surface area contributed by atoms with E-state index in [2.05, 4.69) is 36.0 Å². The number of nitrogens with zero attached hydrogens (tertiary/aromatic N) is 4. The highest BCUT2D eigenvalue weighted by Crippen LogP contribution is 2.28. The highest BCUT2D eigenvalue weighted by molar-refractivity contribution is 5.98. The average molecular weight is 420 g/mol. The number of benzene rings is 3. The van der Waals surface area contributed by atoms with E-state index >= 15 is 0 Å². The molecular formula is C24H20N8. The molecule has 156 valence electrons. The Hall–Kier alpha value is -4.72. The van der Waals surface area contributed by atoms with Crippen LogP contribution in [0, 0.1) is 0 Å². The van der Waals surface area contributed by atoms with Gasteiger partial charge in [0.15, 0.2) is 17.6 Å². The van der Waals surface area contributed by atoms with Crippen molar-refractivity contribution in [2.24, 2.45) is 10.7 Å². The number of guanidine groups is 1. The number of aromatic nitrogens is 4. The smallest absolute Gasteiger partial charge is 0.199 e. The minimum absolute atomic E-state index is 0.202. The molecule has 0 atom stereocenters. The van der Waals surface area contributed by atoms with Gasteiger partial charge in [0.25, 0.3) is 0 Å². The molecule has 2 heterocycles. The normalized spacial score (nSPS) is 11.4. The maximum atomic E-state index is 6.14. The van der Waals surface area contributed by atoms with Crippen LogP contribution in [-0.4, -0.2) is 26.4 Å². The Labute approximate surface area is 184 Å². The molecule has 0 spiro atoms. The molecule has 3 aromatic carbocycles. The molecular weight excluding hydrogens is 400 g/mol. The van der Waals surface area contributed by atoms with Crippen molar-refractivity contribution >= 4 is 39.9 Å². The lowest BCUT2D eigenvalue weighted by atomic mass is 10.1. The van der Waals surface area contributed by atoms with Crippen molar-refractivity contribution in [3.05, 3.63) is 91.0 Å². The van der Waals surface area contributed by atoms with Crippen LogP contribution in [0.3, 0.4) is 0 Å². The Balaban J connectivity index is 1.34. The highest BCUT2D eigenvalue weighted by Gasteiger charge is 2.09. The van der Waals surface area contributed by atoms with Crippen LogP contribution in [0.4, 0.5) is 23.0 Å². The maximum absolute atomic E-state index is 6.14. The van der Waals surface area contributed by atoms with E-state index in [1.807, 2.05) is 84.9 Å². The standard InChI is InChI=1S/C24H20N8/c25-24(28-22-15-14-18(29-31-22)16-8-2-1-3-9-16)27-21-13-7-6-12-20(21)26-23-17-10-4-5-11-19(17)30-32-23/h1-15H,(H2,26,30,32)(H3,25,27,28,31). The topological polar surface area (TPSA) is 117 Å². The Kier molecular flexibility index (Phi) is 5.15. The maximum Gasteiger partial charge on any atom is 0.199 e. The number of fused-ring (bicyclic) bond motifs is 1. The molecule has 2 aromatic heterocycles. The van der Waals surface area contributed by atoms with Gasteiger partial charge in [-0.15, -0.1) is 10.2 Å². The van der Waals surface area contributed by atoms with Crippen LogP contribution in [0.15, 0.2) is 96.0 Å². The predicted octanol–water partition coefficient (Wildman–Crippen LogP) is 4.82. The quantitative estimate of drug-likeness (QED) is 0.239. The Morgan fingerprint density at radius 2 is 1.53 bits per heavy atom. The van der Waals surface area contributed by atoms with Gasteiger partial charge in [0.1, 0.15) is 0 Å². The van der Waals surface area contributed by atoms with Crippen LogP contribution in [0.1, 0.15) is 0 Å². The molecule has 0 aliphatic heterocycles. The highest BCUT2D eigenvalue weighted by atomic mass is 15.2. The minimum Gasteiger partial charge on any atom is -0.369 e. The van der Waals surface area contributed by atoms with E-state index in [0.717, 1.165) is 39.4 Å². The summed E-state index contributed by atoms with van der Waals surface area (Å²) in [7, 11) is 0. The number of nitrogens with one attached hydrogen (secondary N) is 3. The summed E-state index contributed by atoms with van der Waals surface area (Å²) in [5.41, 5.74) is 10.4. The van der Waals surface area contributed by atoms with E-state index in [9.17, 15) is 0 Å². The van der Waals surface area contributed by atoms with Crippen LogP contribution in [0.25, 0.3) is 22.2 Å². The summed E-state index contributed by atoms with van der Waals surface area (Å²) >= 11 is 0. The lowest BCUT2D eigenvalue weighted by molar-refractivity contribution is 1.03. The van der Waals surface area contributed by atoms with Gasteiger partial charge in [0, 0.05) is 10.9 Å². The SMILES string of the molecule is NC(=Nc1ccc(-c2ccccc2)nn1)Nc1ccccc1Nc1n[nH]c2ccccc12. The van der Waals surface area contributed by atoms with Gasteiger partial charge in [-0.1, -0.05) is 54.6 Å². The van der Waals surface area contributed by atoms with E-state index in [0.29, 0.717) is 5.82 Å². The predicted molar refractivity (Wildman–Crippen MR) is 128 cm³/mol. The first kappa shape index (κ1) is 19.3. The van der Waals surface area contributed by atoms with Crippen LogP contribution >= 0.6 is 0 Å². The van der Waals surface area contributed by atoms with Gasteiger partial charge in [0.05, 0.1) is 22.6 Å². The van der Waals surface area contributed by atoms with Crippen molar-refractivity contribution < 1.29 is 0 Å². The summed E-state index contributed by atoms with van der Waals surface area (Å²) in [6.07, 6.45) is 0. The molecule has 0 saturated heterocycles. The van der Waals surface area contributed by atoms with Crippen LogP contribution in [-0.2, 0) is 0 Å². The van der Waals surface area contributed by atoms with Crippen LogP contribution in [0.5, 0.6) is 0 Å². The molecule has 0 unspecified atom stereocenters. The first-order valence-electron chi connectivity index (χ1n) is 10.1. The lowest BCUT2D eigenvalue weighted by Crippen LogP contribution is -2.22. The van der Waals surface area contributed by atoms with Crippen molar-refractivity contribution in [1.82, 2.24) is 20.4 Å². The fourth-order valence-electron chi connectivity index (χ4n) is 3.32. The van der Waals surface area contributed by atoms with Gasteiger partial charge in [-0.2, -0.15) is 10.1 Å². The molecule has 0 aliphatic rings. The second-order valence-corrected chi connectivity index (χ2v) is 7.05. The summed E-state index contributed by atoms with van der Waals surface area (Å²) in [5, 5.41) is 23.3. The first-order chi connectivity index (χ1) is 15.8. The van der Waals surface area contributed by atoms with Crippen molar-refractivity contribution in [2.45, 2.75) is 0 Å². The third kappa shape index (κ3) is 4.10. The first-order valence-corrected chi connectivity index (χ1v) is 10.1. The van der Waals surface area contributed by atoms with E-state index < -0.39 is 0 Å². The minimum atomic E-state index is 0.202. The molecule has 5 rings (SSSR count). The van der Waals surface area contributed by atoms with Gasteiger partial charge in [-0.25, -0.2) is 0 Å². The zero-order chi connectivity index (χ0) is 21.8. The Morgan fingerprint density at radius 1 is 0.781 bits per heavy atom. The molecule has 8 nitrogen and oxygen atoms in total. The number of rotatable bonds is 5. The van der Waals surface area contributed by atoms with Gasteiger partial charge >= 0.3 is 0 Å². The number of para-hydroxylation sites is 3. The molecule has 0 saturated carbocycles. The molecule has 5 N–H and O–H groups in total. The van der Waals surface area contributed by atoms with Gasteiger partial charge in [-0.05, 0) is 36.4 Å².